The first kappa shape index (κ1) is 13.7. The molecule has 0 radical (unpaired) electrons. The standard InChI is InChI=1S/C19H26O2/c1-18-9-7-13(20)11-12(18)3-4-14-15-5-6-17(21)19(15,2)10-8-16(14)18/h3,14-16H,4-11H2,1-2H3/t14-,15?,16?,18-,19-/m0/s1. The third-order valence-electron chi connectivity index (χ3n) is 7.65. The lowest BCUT2D eigenvalue weighted by Gasteiger charge is -2.56. The Balaban J connectivity index is 1.71. The molecule has 0 N–H and O–H groups in total. The van der Waals surface area contributed by atoms with Crippen molar-refractivity contribution in [2.24, 2.45) is 28.6 Å². The lowest BCUT2D eigenvalue weighted by molar-refractivity contribution is -0.132. The Bertz CT molecular complexity index is 546. The van der Waals surface area contributed by atoms with E-state index in [2.05, 4.69) is 19.9 Å². The number of Topliss-reactive ketones (excluding diaryl/α,β-unsaturated/α-hetero) is 2. The van der Waals surface area contributed by atoms with E-state index < -0.39 is 0 Å². The van der Waals surface area contributed by atoms with Crippen LogP contribution in [0.3, 0.4) is 0 Å². The van der Waals surface area contributed by atoms with Gasteiger partial charge in [-0.05, 0) is 55.3 Å². The maximum atomic E-state index is 12.4. The van der Waals surface area contributed by atoms with Gasteiger partial charge in [0.15, 0.2) is 0 Å². The van der Waals surface area contributed by atoms with Crippen LogP contribution in [0.4, 0.5) is 0 Å². The normalized spacial score (nSPS) is 49.2. The van der Waals surface area contributed by atoms with Gasteiger partial charge < -0.3 is 0 Å². The van der Waals surface area contributed by atoms with Crippen molar-refractivity contribution in [1.82, 2.24) is 0 Å². The summed E-state index contributed by atoms with van der Waals surface area (Å²) < 4.78 is 0. The summed E-state index contributed by atoms with van der Waals surface area (Å²) >= 11 is 0. The van der Waals surface area contributed by atoms with Gasteiger partial charge in [0.25, 0.3) is 0 Å². The summed E-state index contributed by atoms with van der Waals surface area (Å²) in [5, 5.41) is 0. The molecule has 0 bridgehead atoms. The Labute approximate surface area is 127 Å². The van der Waals surface area contributed by atoms with Crippen LogP contribution in [0.25, 0.3) is 0 Å². The molecule has 0 aliphatic heterocycles. The molecule has 2 nitrogen and oxygen atoms in total. The molecular formula is C19H26O2. The first-order valence-corrected chi connectivity index (χ1v) is 8.70. The highest BCUT2D eigenvalue weighted by atomic mass is 16.1. The van der Waals surface area contributed by atoms with Crippen molar-refractivity contribution in [3.8, 4) is 0 Å². The van der Waals surface area contributed by atoms with Crippen LogP contribution in [0.5, 0.6) is 0 Å². The van der Waals surface area contributed by atoms with Crippen LogP contribution in [0, 0.1) is 28.6 Å². The average Bonchev–Trinajstić information content (AvgIpc) is 2.76. The minimum Gasteiger partial charge on any atom is -0.299 e. The molecule has 3 saturated carbocycles. The molecule has 0 amide bonds. The second-order valence-electron chi connectivity index (χ2n) is 8.39. The van der Waals surface area contributed by atoms with Gasteiger partial charge in [0.2, 0.25) is 0 Å². The summed E-state index contributed by atoms with van der Waals surface area (Å²) in [7, 11) is 0. The Morgan fingerprint density at radius 2 is 1.76 bits per heavy atom. The van der Waals surface area contributed by atoms with Crippen molar-refractivity contribution < 1.29 is 9.59 Å². The molecule has 0 saturated heterocycles. The predicted octanol–water partition coefficient (Wildman–Crippen LogP) is 4.09. The molecule has 0 spiro atoms. The Kier molecular flexibility index (Phi) is 2.81. The molecule has 4 aliphatic rings. The zero-order valence-electron chi connectivity index (χ0n) is 13.3. The third kappa shape index (κ3) is 1.71. The lowest BCUT2D eigenvalue weighted by Crippen LogP contribution is -2.50. The fraction of sp³-hybridized carbons (Fsp3) is 0.789. The van der Waals surface area contributed by atoms with E-state index in [1.807, 2.05) is 0 Å². The summed E-state index contributed by atoms with van der Waals surface area (Å²) in [6.45, 7) is 4.64. The Hall–Kier alpha value is -0.920. The van der Waals surface area contributed by atoms with Crippen molar-refractivity contribution in [3.63, 3.8) is 0 Å². The van der Waals surface area contributed by atoms with Crippen LogP contribution in [0.1, 0.15) is 65.2 Å². The number of hydrogen-bond donors (Lipinski definition) is 0. The van der Waals surface area contributed by atoms with Crippen LogP contribution in [-0.2, 0) is 9.59 Å². The second kappa shape index (κ2) is 4.30. The van der Waals surface area contributed by atoms with Gasteiger partial charge >= 0.3 is 0 Å². The highest BCUT2D eigenvalue weighted by Gasteiger charge is 2.58. The van der Waals surface area contributed by atoms with E-state index in [4.69, 9.17) is 0 Å². The molecule has 0 aromatic carbocycles. The number of ketones is 2. The van der Waals surface area contributed by atoms with Crippen molar-refractivity contribution in [1.29, 1.82) is 0 Å². The van der Waals surface area contributed by atoms with Crippen LogP contribution >= 0.6 is 0 Å². The molecule has 21 heavy (non-hydrogen) atoms. The fourth-order valence-corrected chi connectivity index (χ4v) is 6.25. The predicted molar refractivity (Wildman–Crippen MR) is 81.7 cm³/mol. The molecular weight excluding hydrogens is 260 g/mol. The Morgan fingerprint density at radius 3 is 2.57 bits per heavy atom. The van der Waals surface area contributed by atoms with Gasteiger partial charge in [-0.15, -0.1) is 0 Å². The van der Waals surface area contributed by atoms with E-state index in [-0.39, 0.29) is 10.8 Å². The van der Waals surface area contributed by atoms with Gasteiger partial charge in [0, 0.05) is 24.7 Å². The SMILES string of the molecule is C[C@]12CCC(=O)CC1=CC[C@@H]1C2CC[C@]2(C)C(=O)CCC12. The van der Waals surface area contributed by atoms with E-state index >= 15 is 0 Å². The van der Waals surface area contributed by atoms with Crippen molar-refractivity contribution in [2.75, 3.05) is 0 Å². The van der Waals surface area contributed by atoms with Gasteiger partial charge in [-0.1, -0.05) is 25.5 Å². The highest BCUT2D eigenvalue weighted by molar-refractivity contribution is 5.87. The van der Waals surface area contributed by atoms with E-state index in [0.717, 1.165) is 38.5 Å². The molecule has 4 rings (SSSR count). The molecule has 4 aliphatic carbocycles. The minimum atomic E-state index is -0.0344. The van der Waals surface area contributed by atoms with E-state index in [1.165, 1.54) is 12.0 Å². The number of allylic oxidation sites excluding steroid dienone is 2. The van der Waals surface area contributed by atoms with Crippen LogP contribution in [0.15, 0.2) is 11.6 Å². The van der Waals surface area contributed by atoms with Gasteiger partial charge in [-0.2, -0.15) is 0 Å². The van der Waals surface area contributed by atoms with Gasteiger partial charge in [-0.3, -0.25) is 9.59 Å². The second-order valence-corrected chi connectivity index (χ2v) is 8.39. The Morgan fingerprint density at radius 1 is 1.00 bits per heavy atom. The van der Waals surface area contributed by atoms with E-state index in [9.17, 15) is 9.59 Å². The van der Waals surface area contributed by atoms with E-state index in [1.54, 1.807) is 0 Å². The third-order valence-corrected chi connectivity index (χ3v) is 7.65. The molecule has 0 heterocycles. The molecule has 5 atom stereocenters. The maximum Gasteiger partial charge on any atom is 0.139 e. The summed E-state index contributed by atoms with van der Waals surface area (Å²) in [5.41, 5.74) is 1.63. The topological polar surface area (TPSA) is 34.1 Å². The molecule has 0 aromatic heterocycles. The number of hydrogen-bond acceptors (Lipinski definition) is 2. The number of rotatable bonds is 0. The zero-order chi connectivity index (χ0) is 14.8. The summed E-state index contributed by atoms with van der Waals surface area (Å²) in [4.78, 5) is 24.2. The minimum absolute atomic E-state index is 0.0344. The van der Waals surface area contributed by atoms with Crippen molar-refractivity contribution >= 4 is 11.6 Å². The molecule has 3 fully saturated rings. The van der Waals surface area contributed by atoms with Crippen molar-refractivity contribution in [3.05, 3.63) is 11.6 Å². The summed E-state index contributed by atoms with van der Waals surface area (Å²) in [6, 6.07) is 0. The lowest BCUT2D eigenvalue weighted by atomic mass is 9.48. The monoisotopic (exact) mass is 286 g/mol. The number of carbonyl (C=O) groups is 2. The van der Waals surface area contributed by atoms with Crippen LogP contribution in [-0.4, -0.2) is 11.6 Å². The van der Waals surface area contributed by atoms with Crippen LogP contribution in [0.2, 0.25) is 0 Å². The molecule has 2 heteroatoms. The summed E-state index contributed by atoms with van der Waals surface area (Å²) in [6.07, 6.45) is 10.2. The molecule has 0 aromatic rings. The highest BCUT2D eigenvalue weighted by Crippen LogP contribution is 2.63. The molecule has 2 unspecified atom stereocenters. The van der Waals surface area contributed by atoms with Gasteiger partial charge in [-0.25, -0.2) is 0 Å². The quantitative estimate of drug-likeness (QED) is 0.629. The van der Waals surface area contributed by atoms with E-state index in [0.29, 0.717) is 35.7 Å². The number of fused-ring (bicyclic) bond motifs is 5. The average molecular weight is 286 g/mol. The van der Waals surface area contributed by atoms with Gasteiger partial charge in [0.1, 0.15) is 11.6 Å². The largest absolute Gasteiger partial charge is 0.299 e. The number of carbonyl (C=O) groups excluding carboxylic acids is 2. The first-order valence-electron chi connectivity index (χ1n) is 8.70. The summed E-state index contributed by atoms with van der Waals surface area (Å²) in [5.74, 6) is 2.92. The maximum absolute atomic E-state index is 12.4. The zero-order valence-corrected chi connectivity index (χ0v) is 13.3. The van der Waals surface area contributed by atoms with Crippen LogP contribution < -0.4 is 0 Å². The van der Waals surface area contributed by atoms with Crippen molar-refractivity contribution in [2.45, 2.75) is 65.2 Å². The van der Waals surface area contributed by atoms with Gasteiger partial charge in [0.05, 0.1) is 0 Å². The first-order chi connectivity index (χ1) is 9.95. The smallest absolute Gasteiger partial charge is 0.139 e. The molecule has 114 valence electrons. The fourth-order valence-electron chi connectivity index (χ4n) is 6.25.